The number of nitrogens with one attached hydrogen (secondary N) is 2. The van der Waals surface area contributed by atoms with E-state index in [1.807, 2.05) is 31.2 Å². The molecule has 1 unspecified atom stereocenters. The fraction of sp³-hybridized carbons (Fsp3) is 0.297. The second-order valence-corrected chi connectivity index (χ2v) is 13.0. The molecule has 2 N–H and O–H groups in total. The first kappa shape index (κ1) is 31.0. The van der Waals surface area contributed by atoms with Crippen LogP contribution in [0.1, 0.15) is 77.2 Å². The Labute approximate surface area is 277 Å². The Kier molecular flexibility index (Phi) is 7.90. The summed E-state index contributed by atoms with van der Waals surface area (Å²) in [7, 11) is 0. The van der Waals surface area contributed by atoms with Gasteiger partial charge in [0, 0.05) is 48.7 Å². The summed E-state index contributed by atoms with van der Waals surface area (Å²) in [4.78, 5) is 59.4. The number of carbonyl (C=O) groups excluding carboxylic acids is 4. The topological polar surface area (TPSA) is 140 Å². The molecule has 0 bridgehead atoms. The summed E-state index contributed by atoms with van der Waals surface area (Å²) < 4.78 is 12.1. The molecule has 244 valence electrons. The first-order valence-electron chi connectivity index (χ1n) is 16.0. The Morgan fingerprint density at radius 1 is 0.854 bits per heavy atom. The molecule has 1 aliphatic carbocycles. The van der Waals surface area contributed by atoms with Crippen LogP contribution in [-0.4, -0.2) is 56.7 Å². The zero-order valence-electron chi connectivity index (χ0n) is 26.9. The van der Waals surface area contributed by atoms with Crippen molar-refractivity contribution in [2.75, 3.05) is 5.32 Å². The number of aromatic nitrogens is 2. The molecule has 1 atom stereocenters. The summed E-state index contributed by atoms with van der Waals surface area (Å²) in [6, 6.07) is 22.2. The number of hydrogen-bond acceptors (Lipinski definition) is 9. The van der Waals surface area contributed by atoms with Gasteiger partial charge in [-0.25, -0.2) is 4.98 Å². The number of fused-ring (bicyclic) bond motifs is 1. The lowest BCUT2D eigenvalue weighted by molar-refractivity contribution is -0.136. The number of benzene rings is 3. The normalized spacial score (nSPS) is 20.6. The van der Waals surface area contributed by atoms with Crippen LogP contribution in [-0.2, 0) is 15.0 Å². The third-order valence-electron chi connectivity index (χ3n) is 9.33. The van der Waals surface area contributed by atoms with Gasteiger partial charge in [-0.2, -0.15) is 4.98 Å². The van der Waals surface area contributed by atoms with E-state index in [4.69, 9.17) is 9.47 Å². The first-order valence-corrected chi connectivity index (χ1v) is 16.0. The number of ether oxygens (including phenoxy) is 2. The van der Waals surface area contributed by atoms with Crippen LogP contribution in [0, 0.1) is 6.92 Å². The van der Waals surface area contributed by atoms with Crippen molar-refractivity contribution in [3.05, 3.63) is 107 Å². The van der Waals surface area contributed by atoms with Crippen molar-refractivity contribution < 1.29 is 28.7 Å². The lowest BCUT2D eigenvalue weighted by atomic mass is 9.78. The van der Waals surface area contributed by atoms with Gasteiger partial charge in [0.2, 0.25) is 17.7 Å². The van der Waals surface area contributed by atoms with Crippen LogP contribution in [0.4, 0.5) is 5.69 Å². The molecule has 3 heterocycles. The van der Waals surface area contributed by atoms with Gasteiger partial charge < -0.3 is 14.8 Å². The van der Waals surface area contributed by atoms with Crippen molar-refractivity contribution >= 4 is 29.3 Å². The highest BCUT2D eigenvalue weighted by molar-refractivity contribution is 6.23. The van der Waals surface area contributed by atoms with Crippen LogP contribution < -0.4 is 20.1 Å². The number of imide groups is 2. The van der Waals surface area contributed by atoms with E-state index in [9.17, 15) is 19.2 Å². The fourth-order valence-corrected chi connectivity index (χ4v) is 6.44. The number of aryl methyl sites for hydroxylation is 1. The molecule has 1 aromatic heterocycles. The van der Waals surface area contributed by atoms with Crippen LogP contribution in [0.3, 0.4) is 0 Å². The minimum absolute atomic E-state index is 0.0493. The average Bonchev–Trinajstić information content (AvgIpc) is 3.29. The quantitative estimate of drug-likeness (QED) is 0.231. The summed E-state index contributed by atoms with van der Waals surface area (Å²) >= 11 is 0. The summed E-state index contributed by atoms with van der Waals surface area (Å²) in [5, 5.41) is 5.65. The number of hydrogen-bond donors (Lipinski definition) is 2. The van der Waals surface area contributed by atoms with Gasteiger partial charge in [0.1, 0.15) is 29.5 Å². The van der Waals surface area contributed by atoms with Crippen molar-refractivity contribution in [3.8, 4) is 17.4 Å². The van der Waals surface area contributed by atoms with Crippen molar-refractivity contribution in [3.63, 3.8) is 0 Å². The van der Waals surface area contributed by atoms with E-state index in [2.05, 4.69) is 58.7 Å². The number of carbonyl (C=O) groups is 4. The minimum atomic E-state index is -0.983. The van der Waals surface area contributed by atoms with Crippen LogP contribution in [0.25, 0.3) is 0 Å². The van der Waals surface area contributed by atoms with Crippen molar-refractivity contribution in [1.82, 2.24) is 20.2 Å². The Bertz CT molecular complexity index is 1920. The highest BCUT2D eigenvalue weighted by Gasteiger charge is 2.44. The molecular weight excluding hydrogens is 610 g/mol. The van der Waals surface area contributed by atoms with E-state index in [-0.39, 0.29) is 41.5 Å². The van der Waals surface area contributed by atoms with Gasteiger partial charge >= 0.3 is 0 Å². The largest absolute Gasteiger partial charge is 0.490 e. The summed E-state index contributed by atoms with van der Waals surface area (Å²) in [6.07, 6.45) is 3.50. The van der Waals surface area contributed by atoms with E-state index in [0.717, 1.165) is 40.3 Å². The highest BCUT2D eigenvalue weighted by atomic mass is 16.5. The smallest absolute Gasteiger partial charge is 0.262 e. The molecule has 4 aromatic rings. The number of piperidine rings is 1. The van der Waals surface area contributed by atoms with Gasteiger partial charge in [-0.1, -0.05) is 38.1 Å². The lowest BCUT2D eigenvalue weighted by Crippen LogP contribution is -2.54. The number of anilines is 1. The zero-order chi connectivity index (χ0) is 33.6. The minimum Gasteiger partial charge on any atom is -0.490 e. The highest BCUT2D eigenvalue weighted by Crippen LogP contribution is 2.36. The molecule has 0 spiro atoms. The molecule has 4 amide bonds. The van der Waals surface area contributed by atoms with Crippen LogP contribution in [0.15, 0.2) is 79.0 Å². The van der Waals surface area contributed by atoms with Gasteiger partial charge in [-0.3, -0.25) is 29.4 Å². The molecule has 1 saturated heterocycles. The fourth-order valence-electron chi connectivity index (χ4n) is 6.44. The second kappa shape index (κ2) is 12.2. The third kappa shape index (κ3) is 5.99. The number of nitrogens with zero attached hydrogens (tertiary/aromatic N) is 3. The van der Waals surface area contributed by atoms with E-state index < -0.39 is 29.7 Å². The lowest BCUT2D eigenvalue weighted by Gasteiger charge is -2.36. The molecule has 2 fully saturated rings. The Balaban J connectivity index is 0.920. The Hall–Kier alpha value is -5.58. The molecule has 11 nitrogen and oxygen atoms in total. The SMILES string of the molecule is Cc1nccc(Oc2ccc(C(C)(C)c3ccc(O[C@H]4C[C@@H](Nc5ccc6c(c5)C(=O)N(C5CCC(=O)NC5=O)C6=O)C4)cc3)cc2)n1. The van der Waals surface area contributed by atoms with Crippen molar-refractivity contribution in [1.29, 1.82) is 0 Å². The molecule has 7 rings (SSSR count). The Morgan fingerprint density at radius 2 is 1.52 bits per heavy atom. The summed E-state index contributed by atoms with van der Waals surface area (Å²) in [5.74, 6) is 0.623. The molecule has 2 aliphatic heterocycles. The maximum atomic E-state index is 13.1. The molecule has 48 heavy (non-hydrogen) atoms. The Morgan fingerprint density at radius 3 is 2.19 bits per heavy atom. The van der Waals surface area contributed by atoms with Crippen molar-refractivity contribution in [2.24, 2.45) is 0 Å². The summed E-state index contributed by atoms with van der Waals surface area (Å²) in [5.41, 5.74) is 3.30. The van der Waals surface area contributed by atoms with Gasteiger partial charge in [-0.15, -0.1) is 0 Å². The van der Waals surface area contributed by atoms with Crippen LogP contribution in [0.5, 0.6) is 17.4 Å². The average molecular weight is 646 g/mol. The van der Waals surface area contributed by atoms with Crippen molar-refractivity contribution in [2.45, 2.75) is 70.1 Å². The summed E-state index contributed by atoms with van der Waals surface area (Å²) in [6.45, 7) is 6.19. The predicted molar refractivity (Wildman–Crippen MR) is 176 cm³/mol. The molecule has 0 radical (unpaired) electrons. The molecule has 3 aliphatic rings. The van der Waals surface area contributed by atoms with Gasteiger partial charge in [-0.05, 0) is 66.9 Å². The number of amides is 4. The van der Waals surface area contributed by atoms with Gasteiger partial charge in [0.15, 0.2) is 0 Å². The standard InChI is InChI=1S/C37H35N5O6/c1-21-38-17-16-33(39-21)48-27-11-6-23(7-12-27)37(2,3)22-4-9-26(10-5-22)47-28-18-25(19-28)40-24-8-13-29-30(20-24)36(46)42(35(29)45)31-14-15-32(43)41-34(31)44/h4-13,16-17,20,25,28,31,40H,14-15,18-19H2,1-3H3,(H,41,43,44)/t25-,28+,31?. The molecule has 1 saturated carbocycles. The van der Waals surface area contributed by atoms with Gasteiger partial charge in [0.05, 0.1) is 11.1 Å². The maximum Gasteiger partial charge on any atom is 0.262 e. The number of rotatable bonds is 9. The second-order valence-electron chi connectivity index (χ2n) is 13.0. The monoisotopic (exact) mass is 645 g/mol. The molecule has 3 aromatic carbocycles. The zero-order valence-corrected chi connectivity index (χ0v) is 26.9. The van der Waals surface area contributed by atoms with E-state index in [1.165, 1.54) is 0 Å². The third-order valence-corrected chi connectivity index (χ3v) is 9.33. The molecular formula is C37H35N5O6. The van der Waals surface area contributed by atoms with E-state index in [1.54, 1.807) is 30.5 Å². The van der Waals surface area contributed by atoms with E-state index >= 15 is 0 Å². The maximum absolute atomic E-state index is 13.1. The molecule has 11 heteroatoms. The van der Waals surface area contributed by atoms with Crippen LogP contribution >= 0.6 is 0 Å². The van der Waals surface area contributed by atoms with E-state index in [0.29, 0.717) is 17.5 Å². The predicted octanol–water partition coefficient (Wildman–Crippen LogP) is 5.33. The van der Waals surface area contributed by atoms with Gasteiger partial charge in [0.25, 0.3) is 11.8 Å². The first-order chi connectivity index (χ1) is 23.0. The van der Waals surface area contributed by atoms with Crippen LogP contribution in [0.2, 0.25) is 0 Å².